The highest BCUT2D eigenvalue weighted by atomic mass is 16.2. The number of hydrogen-bond acceptors (Lipinski definition) is 4. The number of H-pyrrole nitrogens is 2. The lowest BCUT2D eigenvalue weighted by Crippen LogP contribution is -2.30. The van der Waals surface area contributed by atoms with E-state index in [0.29, 0.717) is 12.0 Å². The Hall–Kier alpha value is -2.76. The van der Waals surface area contributed by atoms with Gasteiger partial charge >= 0.3 is 0 Å². The quantitative estimate of drug-likeness (QED) is 0.668. The molecule has 0 atom stereocenters. The van der Waals surface area contributed by atoms with E-state index >= 15 is 0 Å². The van der Waals surface area contributed by atoms with Gasteiger partial charge in [-0.2, -0.15) is 0 Å². The molecule has 0 fully saturated rings. The SMILES string of the molecule is CCc1cc2c([nH]c1=O)C(=O)c1[nH]c(=O)ccc1C2=O. The van der Waals surface area contributed by atoms with Crippen LogP contribution >= 0.6 is 0 Å². The summed E-state index contributed by atoms with van der Waals surface area (Å²) < 4.78 is 0. The Bertz CT molecular complexity index is 873. The fourth-order valence-electron chi connectivity index (χ4n) is 2.31. The first kappa shape index (κ1) is 12.3. The molecular formula is C14H10N2O4. The highest BCUT2D eigenvalue weighted by molar-refractivity contribution is 6.26. The standard InChI is InChI=1S/C14H10N2O4/c1-2-6-5-8-11(16-14(6)20)13(19)10-7(12(8)18)3-4-9(17)15-10/h3-5H,2H2,1H3,(H,15,17)(H,16,20). The molecule has 0 aromatic carbocycles. The van der Waals surface area contributed by atoms with Crippen molar-refractivity contribution in [2.45, 2.75) is 13.3 Å². The summed E-state index contributed by atoms with van der Waals surface area (Å²) in [5.74, 6) is -0.927. The lowest BCUT2D eigenvalue weighted by molar-refractivity contribution is 0.0971. The molecule has 3 rings (SSSR count). The van der Waals surface area contributed by atoms with Crippen LogP contribution in [0.1, 0.15) is 44.6 Å². The molecule has 0 unspecified atom stereocenters. The predicted molar refractivity (Wildman–Crippen MR) is 70.4 cm³/mol. The summed E-state index contributed by atoms with van der Waals surface area (Å²) in [5.41, 5.74) is -0.239. The maximum absolute atomic E-state index is 12.3. The highest BCUT2D eigenvalue weighted by Gasteiger charge is 2.31. The van der Waals surface area contributed by atoms with Crippen LogP contribution < -0.4 is 11.1 Å². The van der Waals surface area contributed by atoms with E-state index in [2.05, 4.69) is 9.97 Å². The Morgan fingerprint density at radius 3 is 2.30 bits per heavy atom. The van der Waals surface area contributed by atoms with Crippen LogP contribution in [-0.2, 0) is 6.42 Å². The van der Waals surface area contributed by atoms with Crippen LogP contribution in [0.15, 0.2) is 27.8 Å². The van der Waals surface area contributed by atoms with Crippen molar-refractivity contribution >= 4 is 11.6 Å². The number of fused-ring (bicyclic) bond motifs is 2. The van der Waals surface area contributed by atoms with E-state index in [4.69, 9.17) is 0 Å². The van der Waals surface area contributed by atoms with Gasteiger partial charge in [0, 0.05) is 11.6 Å². The van der Waals surface area contributed by atoms with Crippen molar-refractivity contribution in [2.24, 2.45) is 0 Å². The van der Waals surface area contributed by atoms with Gasteiger partial charge in [-0.1, -0.05) is 6.92 Å². The van der Waals surface area contributed by atoms with Gasteiger partial charge in [0.2, 0.25) is 11.3 Å². The summed E-state index contributed by atoms with van der Waals surface area (Å²) in [5, 5.41) is 0. The van der Waals surface area contributed by atoms with Gasteiger partial charge in [-0.3, -0.25) is 19.2 Å². The second kappa shape index (κ2) is 4.12. The van der Waals surface area contributed by atoms with E-state index in [0.717, 1.165) is 0 Å². The molecule has 1 aliphatic rings. The van der Waals surface area contributed by atoms with Crippen LogP contribution in [0.2, 0.25) is 0 Å². The second-order valence-electron chi connectivity index (χ2n) is 4.54. The van der Waals surface area contributed by atoms with E-state index < -0.39 is 16.9 Å². The third kappa shape index (κ3) is 1.58. The van der Waals surface area contributed by atoms with Gasteiger partial charge in [-0.05, 0) is 18.6 Å². The Labute approximate surface area is 112 Å². The smallest absolute Gasteiger partial charge is 0.251 e. The normalized spacial score (nSPS) is 13.1. The van der Waals surface area contributed by atoms with Crippen molar-refractivity contribution in [1.82, 2.24) is 9.97 Å². The molecule has 6 nitrogen and oxygen atoms in total. The molecule has 1 aliphatic carbocycles. The molecule has 0 radical (unpaired) electrons. The van der Waals surface area contributed by atoms with Crippen LogP contribution in [0, 0.1) is 0 Å². The maximum Gasteiger partial charge on any atom is 0.251 e. The monoisotopic (exact) mass is 270 g/mol. The number of rotatable bonds is 1. The molecule has 2 aromatic heterocycles. The van der Waals surface area contributed by atoms with Gasteiger partial charge in [0.15, 0.2) is 5.78 Å². The minimum Gasteiger partial charge on any atom is -0.318 e. The van der Waals surface area contributed by atoms with Crippen molar-refractivity contribution in [3.63, 3.8) is 0 Å². The Morgan fingerprint density at radius 2 is 1.60 bits per heavy atom. The van der Waals surface area contributed by atoms with Gasteiger partial charge in [0.1, 0.15) is 11.4 Å². The van der Waals surface area contributed by atoms with Crippen molar-refractivity contribution in [1.29, 1.82) is 0 Å². The van der Waals surface area contributed by atoms with Gasteiger partial charge in [-0.25, -0.2) is 0 Å². The fraction of sp³-hybridized carbons (Fsp3) is 0.143. The molecule has 100 valence electrons. The largest absolute Gasteiger partial charge is 0.318 e. The zero-order valence-corrected chi connectivity index (χ0v) is 10.6. The van der Waals surface area contributed by atoms with Crippen molar-refractivity contribution in [2.75, 3.05) is 0 Å². The molecule has 6 heteroatoms. The topological polar surface area (TPSA) is 99.9 Å². The molecule has 0 bridgehead atoms. The number of carbonyl (C=O) groups excluding carboxylic acids is 2. The van der Waals surface area contributed by atoms with E-state index in [9.17, 15) is 19.2 Å². The lowest BCUT2D eigenvalue weighted by atomic mass is 9.89. The van der Waals surface area contributed by atoms with Crippen molar-refractivity contribution < 1.29 is 9.59 Å². The summed E-state index contributed by atoms with van der Waals surface area (Å²) in [6.07, 6.45) is 0.461. The first-order chi connectivity index (χ1) is 9.52. The van der Waals surface area contributed by atoms with Crippen LogP contribution in [0.4, 0.5) is 0 Å². The molecule has 2 N–H and O–H groups in total. The summed E-state index contributed by atoms with van der Waals surface area (Å²) in [6, 6.07) is 3.97. The summed E-state index contributed by atoms with van der Waals surface area (Å²) in [6.45, 7) is 1.79. The molecule has 0 amide bonds. The number of ketones is 2. The molecule has 0 aliphatic heterocycles. The lowest BCUT2D eigenvalue weighted by Gasteiger charge is -2.16. The fourth-order valence-corrected chi connectivity index (χ4v) is 2.31. The highest BCUT2D eigenvalue weighted by Crippen LogP contribution is 2.23. The summed E-state index contributed by atoms with van der Waals surface area (Å²) in [4.78, 5) is 52.4. The summed E-state index contributed by atoms with van der Waals surface area (Å²) >= 11 is 0. The van der Waals surface area contributed by atoms with Gasteiger partial charge in [-0.15, -0.1) is 0 Å². The number of nitrogens with one attached hydrogen (secondary N) is 2. The number of aromatic amines is 2. The average Bonchev–Trinajstić information content (AvgIpc) is 2.44. The third-order valence-corrected chi connectivity index (χ3v) is 3.36. The van der Waals surface area contributed by atoms with E-state index in [-0.39, 0.29) is 28.3 Å². The average molecular weight is 270 g/mol. The molecule has 0 saturated carbocycles. The molecule has 2 heterocycles. The summed E-state index contributed by atoms with van der Waals surface area (Å²) in [7, 11) is 0. The number of aromatic nitrogens is 2. The van der Waals surface area contributed by atoms with Crippen LogP contribution in [0.25, 0.3) is 0 Å². The zero-order chi connectivity index (χ0) is 14.4. The van der Waals surface area contributed by atoms with E-state index in [1.165, 1.54) is 18.2 Å². The first-order valence-electron chi connectivity index (χ1n) is 6.12. The van der Waals surface area contributed by atoms with Gasteiger partial charge < -0.3 is 9.97 Å². The second-order valence-corrected chi connectivity index (χ2v) is 4.54. The molecule has 2 aromatic rings. The Morgan fingerprint density at radius 1 is 0.900 bits per heavy atom. The molecule has 0 spiro atoms. The first-order valence-corrected chi connectivity index (χ1v) is 6.12. The Kier molecular flexibility index (Phi) is 2.53. The number of aryl methyl sites for hydroxylation is 1. The van der Waals surface area contributed by atoms with Gasteiger partial charge in [0.25, 0.3) is 5.56 Å². The third-order valence-electron chi connectivity index (χ3n) is 3.36. The minimum absolute atomic E-state index is 0.0634. The molecular weight excluding hydrogens is 260 g/mol. The minimum atomic E-state index is -0.549. The van der Waals surface area contributed by atoms with Crippen molar-refractivity contribution in [3.8, 4) is 0 Å². The number of pyridine rings is 2. The molecule has 0 saturated heterocycles. The van der Waals surface area contributed by atoms with Gasteiger partial charge in [0.05, 0.1) is 11.1 Å². The van der Waals surface area contributed by atoms with Crippen LogP contribution in [0.5, 0.6) is 0 Å². The predicted octanol–water partition coefficient (Wildman–Crippen LogP) is 0.401. The molecule has 20 heavy (non-hydrogen) atoms. The van der Waals surface area contributed by atoms with Crippen molar-refractivity contribution in [3.05, 3.63) is 67.0 Å². The Balaban J connectivity index is 2.34. The van der Waals surface area contributed by atoms with E-state index in [1.54, 1.807) is 6.92 Å². The zero-order valence-electron chi connectivity index (χ0n) is 10.6. The number of hydrogen-bond donors (Lipinski definition) is 2. The van der Waals surface area contributed by atoms with Crippen LogP contribution in [0.3, 0.4) is 0 Å². The number of carbonyl (C=O) groups is 2. The maximum atomic E-state index is 12.3. The van der Waals surface area contributed by atoms with Crippen LogP contribution in [-0.4, -0.2) is 21.5 Å². The van der Waals surface area contributed by atoms with E-state index in [1.807, 2.05) is 0 Å².